The Morgan fingerprint density at radius 3 is 2.62 bits per heavy atom. The predicted molar refractivity (Wildman–Crippen MR) is 75.9 cm³/mol. The molecule has 2 fully saturated rings. The van der Waals surface area contributed by atoms with Gasteiger partial charge in [0.1, 0.15) is 0 Å². The first-order valence-corrected chi connectivity index (χ1v) is 7.50. The van der Waals surface area contributed by atoms with E-state index in [1.54, 1.807) is 6.07 Å². The van der Waals surface area contributed by atoms with Crippen LogP contribution in [0.1, 0.15) is 30.7 Å². The number of nitrogens with zero attached hydrogens (tertiary/aromatic N) is 1. The highest BCUT2D eigenvalue weighted by atomic mass is 19.2. The van der Waals surface area contributed by atoms with Crippen LogP contribution in [0, 0.1) is 17.6 Å². The van der Waals surface area contributed by atoms with Crippen molar-refractivity contribution in [2.45, 2.75) is 31.2 Å². The number of nitrogens with one attached hydrogen (secondary N) is 1. The summed E-state index contributed by atoms with van der Waals surface area (Å²) in [6.07, 6.45) is 2.69. The van der Waals surface area contributed by atoms with Crippen LogP contribution in [-0.4, -0.2) is 37.0 Å². The lowest BCUT2D eigenvalue weighted by atomic mass is 10.0. The Bertz CT molecular complexity index is 543. The predicted octanol–water partition coefficient (Wildman–Crippen LogP) is 2.28. The number of hydrogen-bond donors (Lipinski definition) is 1. The van der Waals surface area contributed by atoms with Gasteiger partial charge in [-0.25, -0.2) is 8.78 Å². The summed E-state index contributed by atoms with van der Waals surface area (Å²) in [4.78, 5) is 14.3. The van der Waals surface area contributed by atoms with E-state index in [-0.39, 0.29) is 17.7 Å². The lowest BCUT2D eigenvalue weighted by Gasteiger charge is -2.32. The molecule has 1 N–H and O–H groups in total. The van der Waals surface area contributed by atoms with Crippen molar-refractivity contribution in [1.29, 1.82) is 0 Å². The molecule has 2 atom stereocenters. The molecule has 0 radical (unpaired) electrons. The normalized spacial score (nSPS) is 25.7. The average Bonchev–Trinajstić information content (AvgIpc) is 3.30. The maximum Gasteiger partial charge on any atom is 0.226 e. The average molecular weight is 294 g/mol. The second kappa shape index (κ2) is 5.72. The molecule has 0 bridgehead atoms. The molecule has 1 amide bonds. The third-order valence-corrected chi connectivity index (χ3v) is 4.68. The van der Waals surface area contributed by atoms with Gasteiger partial charge in [-0.3, -0.25) is 4.79 Å². The largest absolute Gasteiger partial charge is 0.342 e. The van der Waals surface area contributed by atoms with Crippen molar-refractivity contribution in [3.05, 3.63) is 35.4 Å². The molecule has 1 heterocycles. The molecule has 3 rings (SSSR count). The van der Waals surface area contributed by atoms with Crippen molar-refractivity contribution < 1.29 is 13.6 Å². The summed E-state index contributed by atoms with van der Waals surface area (Å²) in [7, 11) is 1.86. The summed E-state index contributed by atoms with van der Waals surface area (Å²) in [6, 6.07) is 4.24. The molecule has 1 aliphatic carbocycles. The van der Waals surface area contributed by atoms with Crippen molar-refractivity contribution in [1.82, 2.24) is 10.2 Å². The van der Waals surface area contributed by atoms with E-state index in [0.717, 1.165) is 44.0 Å². The zero-order valence-corrected chi connectivity index (χ0v) is 12.1. The van der Waals surface area contributed by atoms with E-state index in [9.17, 15) is 13.6 Å². The zero-order chi connectivity index (χ0) is 15.0. The van der Waals surface area contributed by atoms with Gasteiger partial charge in [0.25, 0.3) is 0 Å². The van der Waals surface area contributed by atoms with Gasteiger partial charge in [0.2, 0.25) is 5.91 Å². The monoisotopic (exact) mass is 294 g/mol. The van der Waals surface area contributed by atoms with Crippen LogP contribution >= 0.6 is 0 Å². The number of benzene rings is 1. The van der Waals surface area contributed by atoms with Crippen molar-refractivity contribution in [2.24, 2.45) is 5.92 Å². The topological polar surface area (TPSA) is 32.3 Å². The van der Waals surface area contributed by atoms with Crippen LogP contribution in [0.25, 0.3) is 0 Å². The molecule has 114 valence electrons. The maximum atomic E-state index is 13.3. The molecular weight excluding hydrogens is 274 g/mol. The molecule has 3 nitrogen and oxygen atoms in total. The fourth-order valence-corrected chi connectivity index (χ4v) is 3.21. The number of hydrogen-bond acceptors (Lipinski definition) is 2. The lowest BCUT2D eigenvalue weighted by Crippen LogP contribution is -2.44. The van der Waals surface area contributed by atoms with Gasteiger partial charge < -0.3 is 10.2 Å². The summed E-state index contributed by atoms with van der Waals surface area (Å²) >= 11 is 0. The molecule has 0 aromatic heterocycles. The van der Waals surface area contributed by atoms with Crippen LogP contribution in [0.3, 0.4) is 0 Å². The lowest BCUT2D eigenvalue weighted by molar-refractivity contribution is -0.133. The van der Waals surface area contributed by atoms with Crippen molar-refractivity contribution in [3.8, 4) is 0 Å². The molecule has 21 heavy (non-hydrogen) atoms. The highest BCUT2D eigenvalue weighted by molar-refractivity contribution is 5.83. The summed E-state index contributed by atoms with van der Waals surface area (Å²) in [5.74, 6) is -1.57. The maximum absolute atomic E-state index is 13.3. The molecule has 1 saturated carbocycles. The van der Waals surface area contributed by atoms with E-state index >= 15 is 0 Å². The Balaban J connectivity index is 1.63. The van der Waals surface area contributed by atoms with Crippen LogP contribution < -0.4 is 5.32 Å². The quantitative estimate of drug-likeness (QED) is 0.927. The molecule has 1 aromatic carbocycles. The van der Waals surface area contributed by atoms with Gasteiger partial charge in [-0.1, -0.05) is 6.07 Å². The summed E-state index contributed by atoms with van der Waals surface area (Å²) < 4.78 is 26.2. The standard InChI is InChI=1S/C16H20F2N2O/c1-20(11-4-6-19-7-5-11)16(21)13-9-12(13)10-2-3-14(17)15(18)8-10/h2-3,8,11-13,19H,4-7,9H2,1H3. The van der Waals surface area contributed by atoms with Crippen LogP contribution in [0.2, 0.25) is 0 Å². The summed E-state index contributed by atoms with van der Waals surface area (Å²) in [5.41, 5.74) is 0.728. The molecule has 0 spiro atoms. The first kappa shape index (κ1) is 14.4. The number of rotatable bonds is 3. The molecular formula is C16H20F2N2O. The number of carbonyl (C=O) groups excluding carboxylic acids is 1. The number of piperidine rings is 1. The van der Waals surface area contributed by atoms with Crippen molar-refractivity contribution in [2.75, 3.05) is 20.1 Å². The third kappa shape index (κ3) is 2.93. The third-order valence-electron chi connectivity index (χ3n) is 4.68. The van der Waals surface area contributed by atoms with Gasteiger partial charge in [-0.15, -0.1) is 0 Å². The minimum absolute atomic E-state index is 0.0387. The van der Waals surface area contributed by atoms with Gasteiger partial charge in [-0.2, -0.15) is 0 Å². The van der Waals surface area contributed by atoms with Crippen LogP contribution in [0.15, 0.2) is 18.2 Å². The smallest absolute Gasteiger partial charge is 0.226 e. The number of carbonyl (C=O) groups is 1. The fraction of sp³-hybridized carbons (Fsp3) is 0.562. The molecule has 5 heteroatoms. The summed E-state index contributed by atoms with van der Waals surface area (Å²) in [6.45, 7) is 1.89. The molecule has 1 saturated heterocycles. The fourth-order valence-electron chi connectivity index (χ4n) is 3.21. The molecule has 1 aromatic rings. The first-order valence-electron chi connectivity index (χ1n) is 7.50. The first-order chi connectivity index (χ1) is 10.1. The zero-order valence-electron chi connectivity index (χ0n) is 12.1. The minimum Gasteiger partial charge on any atom is -0.342 e. The van der Waals surface area contributed by atoms with Gasteiger partial charge in [0.05, 0.1) is 0 Å². The second-order valence-electron chi connectivity index (χ2n) is 6.05. The van der Waals surface area contributed by atoms with E-state index < -0.39 is 11.6 Å². The van der Waals surface area contributed by atoms with E-state index in [1.807, 2.05) is 11.9 Å². The Hall–Kier alpha value is -1.49. The van der Waals surface area contributed by atoms with E-state index in [2.05, 4.69) is 5.32 Å². The van der Waals surface area contributed by atoms with Crippen LogP contribution in [-0.2, 0) is 4.79 Å². The SMILES string of the molecule is CN(C(=O)C1CC1c1ccc(F)c(F)c1)C1CCNCC1. The summed E-state index contributed by atoms with van der Waals surface area (Å²) in [5, 5.41) is 3.28. The highest BCUT2D eigenvalue weighted by Gasteiger charge is 2.46. The van der Waals surface area contributed by atoms with Crippen LogP contribution in [0.5, 0.6) is 0 Å². The van der Waals surface area contributed by atoms with Gasteiger partial charge in [-0.05, 0) is 56.0 Å². The van der Waals surface area contributed by atoms with Crippen molar-refractivity contribution >= 4 is 5.91 Å². The van der Waals surface area contributed by atoms with Crippen LogP contribution in [0.4, 0.5) is 8.78 Å². The van der Waals surface area contributed by atoms with E-state index in [4.69, 9.17) is 0 Å². The molecule has 2 unspecified atom stereocenters. The minimum atomic E-state index is -0.839. The second-order valence-corrected chi connectivity index (χ2v) is 6.05. The van der Waals surface area contributed by atoms with Gasteiger partial charge in [0, 0.05) is 19.0 Å². The van der Waals surface area contributed by atoms with E-state index in [1.165, 1.54) is 6.07 Å². The van der Waals surface area contributed by atoms with Crippen molar-refractivity contribution in [3.63, 3.8) is 0 Å². The Morgan fingerprint density at radius 1 is 1.24 bits per heavy atom. The van der Waals surface area contributed by atoms with Gasteiger partial charge in [0.15, 0.2) is 11.6 Å². The number of amides is 1. The Morgan fingerprint density at radius 2 is 1.95 bits per heavy atom. The molecule has 1 aliphatic heterocycles. The Labute approximate surface area is 123 Å². The van der Waals surface area contributed by atoms with Gasteiger partial charge >= 0.3 is 0 Å². The number of halogens is 2. The highest BCUT2D eigenvalue weighted by Crippen LogP contribution is 2.48. The van der Waals surface area contributed by atoms with E-state index in [0.29, 0.717) is 6.04 Å². The Kier molecular flexibility index (Phi) is 3.93. The molecule has 2 aliphatic rings.